The van der Waals surface area contributed by atoms with Gasteiger partial charge >= 0.3 is 0 Å². The fourth-order valence-corrected chi connectivity index (χ4v) is 1.12. The SMILES string of the molecule is CCc1nc2cccc(N)n2n1. The summed E-state index contributed by atoms with van der Waals surface area (Å²) in [6.07, 6.45) is 0.834. The molecule has 0 radical (unpaired) electrons. The maximum absolute atomic E-state index is 5.68. The van der Waals surface area contributed by atoms with Gasteiger partial charge in [0.1, 0.15) is 5.82 Å². The van der Waals surface area contributed by atoms with E-state index >= 15 is 0 Å². The van der Waals surface area contributed by atoms with Crippen LogP contribution >= 0.6 is 0 Å². The Morgan fingerprint density at radius 3 is 3.00 bits per heavy atom. The Bertz CT molecular complexity index is 404. The number of fused-ring (bicyclic) bond motifs is 1. The molecule has 0 aliphatic carbocycles. The van der Waals surface area contributed by atoms with E-state index in [0.29, 0.717) is 5.82 Å². The molecule has 0 bridgehead atoms. The molecule has 0 saturated heterocycles. The lowest BCUT2D eigenvalue weighted by molar-refractivity contribution is 0.893. The van der Waals surface area contributed by atoms with Crippen molar-refractivity contribution in [2.75, 3.05) is 5.73 Å². The standard InChI is InChI=1S/C8H10N4/c1-2-7-10-8-5-3-4-6(9)12(8)11-7/h3-5H,2,9H2,1H3. The number of nitrogen functional groups attached to an aromatic ring is 1. The van der Waals surface area contributed by atoms with Gasteiger partial charge in [-0.2, -0.15) is 4.52 Å². The number of hydrogen-bond donors (Lipinski definition) is 1. The Morgan fingerprint density at radius 1 is 1.50 bits per heavy atom. The average Bonchev–Trinajstić information content (AvgIpc) is 2.49. The molecule has 4 heteroatoms. The highest BCUT2D eigenvalue weighted by molar-refractivity contribution is 5.45. The Kier molecular flexibility index (Phi) is 1.46. The van der Waals surface area contributed by atoms with Crippen LogP contribution in [0.4, 0.5) is 5.82 Å². The molecule has 0 saturated carbocycles. The predicted octanol–water partition coefficient (Wildman–Crippen LogP) is 0.874. The number of anilines is 1. The van der Waals surface area contributed by atoms with Crippen molar-refractivity contribution < 1.29 is 0 Å². The van der Waals surface area contributed by atoms with Gasteiger partial charge in [0.2, 0.25) is 0 Å². The first-order valence-electron chi connectivity index (χ1n) is 3.91. The van der Waals surface area contributed by atoms with Crippen molar-refractivity contribution in [3.8, 4) is 0 Å². The van der Waals surface area contributed by atoms with E-state index in [1.54, 1.807) is 10.6 Å². The van der Waals surface area contributed by atoms with Crippen molar-refractivity contribution in [3.05, 3.63) is 24.0 Å². The van der Waals surface area contributed by atoms with Crippen molar-refractivity contribution in [2.24, 2.45) is 0 Å². The van der Waals surface area contributed by atoms with Gasteiger partial charge in [0.15, 0.2) is 11.5 Å². The number of pyridine rings is 1. The summed E-state index contributed by atoms with van der Waals surface area (Å²) >= 11 is 0. The highest BCUT2D eigenvalue weighted by Gasteiger charge is 2.01. The lowest BCUT2D eigenvalue weighted by Gasteiger charge is -1.93. The number of aryl methyl sites for hydroxylation is 1. The third-order valence-electron chi connectivity index (χ3n) is 1.75. The molecular formula is C8H10N4. The molecule has 2 rings (SSSR count). The van der Waals surface area contributed by atoms with E-state index in [-0.39, 0.29) is 0 Å². The quantitative estimate of drug-likeness (QED) is 0.677. The Morgan fingerprint density at radius 2 is 2.33 bits per heavy atom. The molecular weight excluding hydrogens is 152 g/mol. The molecule has 0 atom stereocenters. The third-order valence-corrected chi connectivity index (χ3v) is 1.75. The second kappa shape index (κ2) is 2.48. The highest BCUT2D eigenvalue weighted by atomic mass is 15.3. The van der Waals surface area contributed by atoms with Gasteiger partial charge in [-0.15, -0.1) is 5.10 Å². The van der Waals surface area contributed by atoms with Gasteiger partial charge in [0, 0.05) is 6.42 Å². The number of aromatic nitrogens is 3. The van der Waals surface area contributed by atoms with Crippen LogP contribution in [0, 0.1) is 0 Å². The minimum Gasteiger partial charge on any atom is -0.384 e. The molecule has 2 heterocycles. The summed E-state index contributed by atoms with van der Waals surface area (Å²) in [5.74, 6) is 1.45. The predicted molar refractivity (Wildman–Crippen MR) is 46.8 cm³/mol. The van der Waals surface area contributed by atoms with Crippen LogP contribution in [0.2, 0.25) is 0 Å². The molecule has 0 aromatic carbocycles. The second-order valence-corrected chi connectivity index (χ2v) is 2.60. The minimum atomic E-state index is 0.625. The van der Waals surface area contributed by atoms with E-state index in [1.165, 1.54) is 0 Å². The van der Waals surface area contributed by atoms with E-state index in [2.05, 4.69) is 10.1 Å². The van der Waals surface area contributed by atoms with Crippen LogP contribution in [-0.4, -0.2) is 14.6 Å². The Hall–Kier alpha value is -1.58. The van der Waals surface area contributed by atoms with Crippen molar-refractivity contribution in [3.63, 3.8) is 0 Å². The second-order valence-electron chi connectivity index (χ2n) is 2.60. The van der Waals surface area contributed by atoms with Gasteiger partial charge in [0.25, 0.3) is 0 Å². The molecule has 2 N–H and O–H groups in total. The zero-order chi connectivity index (χ0) is 8.55. The Balaban J connectivity index is 2.74. The van der Waals surface area contributed by atoms with Crippen LogP contribution in [0.5, 0.6) is 0 Å². The van der Waals surface area contributed by atoms with Gasteiger partial charge in [-0.05, 0) is 12.1 Å². The van der Waals surface area contributed by atoms with E-state index in [1.807, 2.05) is 19.1 Å². The number of nitrogens with zero attached hydrogens (tertiary/aromatic N) is 3. The van der Waals surface area contributed by atoms with Crippen LogP contribution in [-0.2, 0) is 6.42 Å². The topological polar surface area (TPSA) is 56.2 Å². The molecule has 0 unspecified atom stereocenters. The van der Waals surface area contributed by atoms with Crippen LogP contribution in [0.25, 0.3) is 5.65 Å². The molecule has 12 heavy (non-hydrogen) atoms. The van der Waals surface area contributed by atoms with E-state index in [0.717, 1.165) is 17.9 Å². The molecule has 0 fully saturated rings. The molecule has 2 aromatic rings. The summed E-state index contributed by atoms with van der Waals surface area (Å²) < 4.78 is 1.65. The molecule has 0 aliphatic rings. The van der Waals surface area contributed by atoms with Crippen LogP contribution in [0.15, 0.2) is 18.2 Å². The summed E-state index contributed by atoms with van der Waals surface area (Å²) in [5.41, 5.74) is 6.50. The molecule has 2 aromatic heterocycles. The molecule has 0 aliphatic heterocycles. The van der Waals surface area contributed by atoms with Crippen molar-refractivity contribution in [2.45, 2.75) is 13.3 Å². The van der Waals surface area contributed by atoms with Crippen LogP contribution < -0.4 is 5.73 Å². The molecule has 0 amide bonds. The van der Waals surface area contributed by atoms with Crippen molar-refractivity contribution in [1.29, 1.82) is 0 Å². The number of rotatable bonds is 1. The van der Waals surface area contributed by atoms with Crippen molar-refractivity contribution in [1.82, 2.24) is 14.6 Å². The minimum absolute atomic E-state index is 0.625. The third kappa shape index (κ3) is 0.922. The summed E-state index contributed by atoms with van der Waals surface area (Å²) in [7, 11) is 0. The zero-order valence-electron chi connectivity index (χ0n) is 6.86. The molecule has 0 spiro atoms. The van der Waals surface area contributed by atoms with Crippen molar-refractivity contribution >= 4 is 11.5 Å². The van der Waals surface area contributed by atoms with Gasteiger partial charge in [0.05, 0.1) is 0 Å². The Labute approximate surface area is 70.0 Å². The normalized spacial score (nSPS) is 10.8. The van der Waals surface area contributed by atoms with Gasteiger partial charge in [-0.25, -0.2) is 4.98 Å². The zero-order valence-corrected chi connectivity index (χ0v) is 6.86. The van der Waals surface area contributed by atoms with Gasteiger partial charge < -0.3 is 5.73 Å². The maximum Gasteiger partial charge on any atom is 0.157 e. The van der Waals surface area contributed by atoms with Crippen LogP contribution in [0.1, 0.15) is 12.7 Å². The smallest absolute Gasteiger partial charge is 0.157 e. The van der Waals surface area contributed by atoms with E-state index < -0.39 is 0 Å². The molecule has 62 valence electrons. The van der Waals surface area contributed by atoms with Gasteiger partial charge in [-0.1, -0.05) is 13.0 Å². The lowest BCUT2D eigenvalue weighted by Crippen LogP contribution is -1.97. The summed E-state index contributed by atoms with van der Waals surface area (Å²) in [4.78, 5) is 4.26. The summed E-state index contributed by atoms with van der Waals surface area (Å²) in [5, 5.41) is 4.21. The fraction of sp³-hybridized carbons (Fsp3) is 0.250. The average molecular weight is 162 g/mol. The number of hydrogen-bond acceptors (Lipinski definition) is 3. The van der Waals surface area contributed by atoms with Gasteiger partial charge in [-0.3, -0.25) is 0 Å². The molecule has 4 nitrogen and oxygen atoms in total. The van der Waals surface area contributed by atoms with E-state index in [9.17, 15) is 0 Å². The van der Waals surface area contributed by atoms with E-state index in [4.69, 9.17) is 5.73 Å². The van der Waals surface area contributed by atoms with Crippen LogP contribution in [0.3, 0.4) is 0 Å². The highest BCUT2D eigenvalue weighted by Crippen LogP contribution is 2.06. The first-order valence-corrected chi connectivity index (χ1v) is 3.91. The summed E-state index contributed by atoms with van der Waals surface area (Å²) in [6.45, 7) is 2.02. The number of nitrogens with two attached hydrogens (primary N) is 1. The summed E-state index contributed by atoms with van der Waals surface area (Å²) in [6, 6.07) is 5.57. The lowest BCUT2D eigenvalue weighted by atomic mass is 10.4. The maximum atomic E-state index is 5.68. The largest absolute Gasteiger partial charge is 0.384 e. The first kappa shape index (κ1) is 7.09. The fourth-order valence-electron chi connectivity index (χ4n) is 1.12. The first-order chi connectivity index (χ1) is 5.81. The monoisotopic (exact) mass is 162 g/mol.